The smallest absolute Gasteiger partial charge is 0.329 e. The Morgan fingerprint density at radius 1 is 1.16 bits per heavy atom. The van der Waals surface area contributed by atoms with Crippen LogP contribution in [0.4, 0.5) is 0 Å². The molecule has 1 aliphatic carbocycles. The lowest BCUT2D eigenvalue weighted by atomic mass is 9.79. The predicted molar refractivity (Wildman–Crippen MR) is 116 cm³/mol. The molecule has 1 aromatic heterocycles. The van der Waals surface area contributed by atoms with Gasteiger partial charge in [-0.3, -0.25) is 28.8 Å². The van der Waals surface area contributed by atoms with Gasteiger partial charge in [-0.15, -0.1) is 0 Å². The van der Waals surface area contributed by atoms with Crippen molar-refractivity contribution in [2.45, 2.75) is 37.8 Å². The Bertz CT molecular complexity index is 1250. The number of nitrogens with zero attached hydrogens (tertiary/aromatic N) is 3. The average Bonchev–Trinajstić information content (AvgIpc) is 2.95. The van der Waals surface area contributed by atoms with Crippen LogP contribution in [-0.4, -0.2) is 50.9 Å². The first-order chi connectivity index (χ1) is 15.3. The van der Waals surface area contributed by atoms with Crippen LogP contribution in [-0.2, 0) is 21.4 Å². The molecule has 1 aromatic carbocycles. The van der Waals surface area contributed by atoms with E-state index >= 15 is 0 Å². The summed E-state index contributed by atoms with van der Waals surface area (Å²) in [6.45, 7) is 1.29. The Kier molecular flexibility index (Phi) is 4.90. The molecule has 9 heteroatoms. The Balaban J connectivity index is 1.32. The Morgan fingerprint density at radius 3 is 2.59 bits per heavy atom. The van der Waals surface area contributed by atoms with Crippen LogP contribution in [0.15, 0.2) is 23.0 Å². The lowest BCUT2D eigenvalue weighted by molar-refractivity contribution is -0.144. The van der Waals surface area contributed by atoms with E-state index in [2.05, 4.69) is 17.2 Å². The minimum absolute atomic E-state index is 0.0796. The molecule has 3 aliphatic rings. The lowest BCUT2D eigenvalue weighted by Crippen LogP contribution is -2.55. The second-order valence-corrected chi connectivity index (χ2v) is 9.02. The van der Waals surface area contributed by atoms with Gasteiger partial charge in [0.2, 0.25) is 17.7 Å². The van der Waals surface area contributed by atoms with Crippen molar-refractivity contribution < 1.29 is 14.4 Å². The van der Waals surface area contributed by atoms with Crippen molar-refractivity contribution >= 4 is 28.8 Å². The summed E-state index contributed by atoms with van der Waals surface area (Å²) in [6, 6.07) is 4.92. The van der Waals surface area contributed by atoms with E-state index in [1.54, 1.807) is 13.1 Å². The van der Waals surface area contributed by atoms with E-state index in [9.17, 15) is 19.2 Å². The third-order valence-corrected chi connectivity index (χ3v) is 6.75. The number of carbonyl (C=O) groups is 3. The zero-order chi connectivity index (χ0) is 22.6. The van der Waals surface area contributed by atoms with Crippen molar-refractivity contribution in [1.29, 1.82) is 0 Å². The van der Waals surface area contributed by atoms with Crippen molar-refractivity contribution in [3.05, 3.63) is 34.2 Å². The molecule has 0 radical (unpaired) electrons. The molecule has 3 fully saturated rings. The van der Waals surface area contributed by atoms with Crippen LogP contribution in [0.1, 0.15) is 37.3 Å². The van der Waals surface area contributed by atoms with E-state index in [1.165, 1.54) is 9.13 Å². The molecule has 9 nitrogen and oxygen atoms in total. The van der Waals surface area contributed by atoms with Crippen molar-refractivity contribution in [1.82, 2.24) is 19.4 Å². The second kappa shape index (κ2) is 7.64. The minimum atomic E-state index is -0.704. The Hall–Kier alpha value is -3.38. The highest BCUT2D eigenvalue weighted by molar-refractivity contribution is 6.00. The first-order valence-electron chi connectivity index (χ1n) is 10.9. The van der Waals surface area contributed by atoms with E-state index < -0.39 is 11.9 Å². The number of imidazole rings is 1. The van der Waals surface area contributed by atoms with Gasteiger partial charge in [-0.05, 0) is 37.5 Å². The van der Waals surface area contributed by atoms with Gasteiger partial charge >= 0.3 is 5.69 Å². The van der Waals surface area contributed by atoms with Gasteiger partial charge in [-0.1, -0.05) is 11.8 Å². The van der Waals surface area contributed by atoms with E-state index in [4.69, 9.17) is 5.73 Å². The van der Waals surface area contributed by atoms with Crippen molar-refractivity contribution in [3.8, 4) is 11.8 Å². The Morgan fingerprint density at radius 2 is 1.91 bits per heavy atom. The summed E-state index contributed by atoms with van der Waals surface area (Å²) >= 11 is 0. The number of rotatable bonds is 2. The SMILES string of the molecule is Cn1c(=O)n(C2CCC(=O)NC2=O)c2ccc(C#CC3CN(C(=O)[C@H]4C[C@H](N)C4)C3)cc21. The van der Waals surface area contributed by atoms with Crippen LogP contribution in [0.3, 0.4) is 0 Å². The number of hydrogen-bond donors (Lipinski definition) is 2. The predicted octanol–water partition coefficient (Wildman–Crippen LogP) is -0.135. The third kappa shape index (κ3) is 3.41. The molecule has 32 heavy (non-hydrogen) atoms. The molecule has 166 valence electrons. The molecule has 1 saturated carbocycles. The summed E-state index contributed by atoms with van der Waals surface area (Å²) in [5.41, 5.74) is 7.55. The van der Waals surface area contributed by atoms with Gasteiger partial charge in [0.05, 0.1) is 17.0 Å². The van der Waals surface area contributed by atoms with E-state index in [0.717, 1.165) is 18.4 Å². The molecule has 3 amide bonds. The molecule has 1 atom stereocenters. The number of nitrogens with two attached hydrogens (primary N) is 1. The van der Waals surface area contributed by atoms with Gasteiger partial charge in [0.15, 0.2) is 0 Å². The van der Waals surface area contributed by atoms with Gasteiger partial charge < -0.3 is 10.6 Å². The highest BCUT2D eigenvalue weighted by Gasteiger charge is 2.39. The largest absolute Gasteiger partial charge is 0.340 e. The number of carbonyl (C=O) groups excluding carboxylic acids is 3. The van der Waals surface area contributed by atoms with E-state index in [1.807, 2.05) is 17.0 Å². The van der Waals surface area contributed by atoms with Crippen molar-refractivity contribution in [3.63, 3.8) is 0 Å². The number of nitrogens with one attached hydrogen (secondary N) is 1. The molecule has 3 N–H and O–H groups in total. The lowest BCUT2D eigenvalue weighted by Gasteiger charge is -2.42. The fourth-order valence-electron chi connectivity index (χ4n) is 4.73. The zero-order valence-electron chi connectivity index (χ0n) is 17.8. The highest BCUT2D eigenvalue weighted by atomic mass is 16.2. The fraction of sp³-hybridized carbons (Fsp3) is 0.478. The first kappa shape index (κ1) is 20.5. The van der Waals surface area contributed by atoms with Gasteiger partial charge in [-0.25, -0.2) is 4.79 Å². The molecule has 3 heterocycles. The molecular formula is C23H25N5O4. The number of hydrogen-bond acceptors (Lipinski definition) is 5. The van der Waals surface area contributed by atoms with Crippen molar-refractivity contribution in [2.75, 3.05) is 13.1 Å². The number of piperidine rings is 1. The molecule has 0 spiro atoms. The minimum Gasteiger partial charge on any atom is -0.340 e. The summed E-state index contributed by atoms with van der Waals surface area (Å²) in [7, 11) is 1.66. The second-order valence-electron chi connectivity index (χ2n) is 9.02. The molecule has 2 saturated heterocycles. The average molecular weight is 435 g/mol. The highest BCUT2D eigenvalue weighted by Crippen LogP contribution is 2.30. The maximum Gasteiger partial charge on any atom is 0.329 e. The summed E-state index contributed by atoms with van der Waals surface area (Å²) in [4.78, 5) is 50.7. The standard InChI is InChI=1S/C23H25N5O4/c1-26-19-8-13(2-3-14-11-27(12-14)22(31)15-9-16(24)10-15)4-5-17(19)28(23(26)32)18-6-7-20(29)25-21(18)30/h4-5,8,14-16,18H,6-7,9-12,24H2,1H3,(H,25,29,30)/t15-,16-,18?. The number of imide groups is 1. The van der Waals surface area contributed by atoms with Gasteiger partial charge in [0.1, 0.15) is 6.04 Å². The zero-order valence-corrected chi connectivity index (χ0v) is 17.8. The van der Waals surface area contributed by atoms with Gasteiger partial charge in [0.25, 0.3) is 0 Å². The summed E-state index contributed by atoms with van der Waals surface area (Å²) in [5, 5.41) is 2.31. The van der Waals surface area contributed by atoms with Crippen LogP contribution in [0, 0.1) is 23.7 Å². The van der Waals surface area contributed by atoms with Crippen LogP contribution in [0.25, 0.3) is 11.0 Å². The normalized spacial score (nSPS) is 25.6. The quantitative estimate of drug-likeness (QED) is 0.503. The molecule has 1 unspecified atom stereocenters. The summed E-state index contributed by atoms with van der Waals surface area (Å²) in [5.74, 6) is 6.02. The maximum absolute atomic E-state index is 12.8. The van der Waals surface area contributed by atoms with Gasteiger partial charge in [-0.2, -0.15) is 0 Å². The third-order valence-electron chi connectivity index (χ3n) is 6.75. The molecular weight excluding hydrogens is 410 g/mol. The van der Waals surface area contributed by atoms with Crippen LogP contribution < -0.4 is 16.7 Å². The molecule has 5 rings (SSSR count). The summed E-state index contributed by atoms with van der Waals surface area (Å²) in [6.07, 6.45) is 2.07. The number of benzene rings is 1. The van der Waals surface area contributed by atoms with Crippen LogP contribution in [0.5, 0.6) is 0 Å². The molecule has 2 aromatic rings. The van der Waals surface area contributed by atoms with Crippen molar-refractivity contribution in [2.24, 2.45) is 24.6 Å². The molecule has 0 bridgehead atoms. The maximum atomic E-state index is 12.8. The van der Waals surface area contributed by atoms with Crippen LogP contribution >= 0.6 is 0 Å². The number of aromatic nitrogens is 2. The van der Waals surface area contributed by atoms with E-state index in [-0.39, 0.29) is 41.8 Å². The fourth-order valence-corrected chi connectivity index (χ4v) is 4.73. The topological polar surface area (TPSA) is 119 Å². The first-order valence-corrected chi connectivity index (χ1v) is 10.9. The summed E-state index contributed by atoms with van der Waals surface area (Å²) < 4.78 is 2.95. The van der Waals surface area contributed by atoms with E-state index in [0.29, 0.717) is 30.5 Å². The number of fused-ring (bicyclic) bond motifs is 1. The monoisotopic (exact) mass is 435 g/mol. The number of likely N-dealkylation sites (tertiary alicyclic amines) is 1. The number of aryl methyl sites for hydroxylation is 1. The molecule has 2 aliphatic heterocycles. The Labute approximate surface area is 184 Å². The van der Waals surface area contributed by atoms with Crippen LogP contribution in [0.2, 0.25) is 0 Å². The number of amides is 3. The van der Waals surface area contributed by atoms with Gasteiger partial charge in [0, 0.05) is 44.1 Å².